The summed E-state index contributed by atoms with van der Waals surface area (Å²) in [5.74, 6) is 0. The van der Waals surface area contributed by atoms with Crippen molar-refractivity contribution in [3.63, 3.8) is 0 Å². The zero-order chi connectivity index (χ0) is 11.2. The maximum atomic E-state index is 3.76. The van der Waals surface area contributed by atoms with Crippen LogP contribution in [0.3, 0.4) is 0 Å². The second-order valence-electron chi connectivity index (χ2n) is 5.68. The molecule has 0 unspecified atom stereocenters. The van der Waals surface area contributed by atoms with Gasteiger partial charge in [0.2, 0.25) is 0 Å². The Morgan fingerprint density at radius 1 is 0.750 bits per heavy atom. The van der Waals surface area contributed by atoms with Gasteiger partial charge in [0.1, 0.15) is 11.3 Å². The maximum Gasteiger partial charge on any atom is 0.101 e. The van der Waals surface area contributed by atoms with E-state index in [2.05, 4.69) is 34.3 Å². The maximum absolute atomic E-state index is 3.76. The number of nitrogens with one attached hydrogen (secondary N) is 2. The minimum absolute atomic E-state index is 0.101. The van der Waals surface area contributed by atoms with E-state index >= 15 is 0 Å². The first-order valence-electron chi connectivity index (χ1n) is 6.67. The van der Waals surface area contributed by atoms with Crippen LogP contribution in [-0.2, 0) is 0 Å². The molecule has 2 N–H and O–H groups in total. The van der Waals surface area contributed by atoms with Gasteiger partial charge in [0, 0.05) is 26.2 Å². The van der Waals surface area contributed by atoms with Gasteiger partial charge in [0.05, 0.1) is 0 Å². The Bertz CT molecular complexity index is 254. The van der Waals surface area contributed by atoms with E-state index < -0.39 is 0 Å². The largest absolute Gasteiger partial charge is 0.297 e. The summed E-state index contributed by atoms with van der Waals surface area (Å²) in [6.07, 6.45) is 2.57. The fourth-order valence-electron chi connectivity index (χ4n) is 3.75. The molecule has 3 fully saturated rings. The van der Waals surface area contributed by atoms with E-state index in [4.69, 9.17) is 0 Å². The van der Waals surface area contributed by atoms with Crippen LogP contribution in [0.4, 0.5) is 0 Å². The molecule has 3 heterocycles. The highest BCUT2D eigenvalue weighted by atomic mass is 15.5. The van der Waals surface area contributed by atoms with Gasteiger partial charge in [-0.25, -0.2) is 0 Å². The molecule has 0 spiro atoms. The van der Waals surface area contributed by atoms with Gasteiger partial charge >= 0.3 is 0 Å². The molecule has 0 radical (unpaired) electrons. The Morgan fingerprint density at radius 3 is 1.62 bits per heavy atom. The van der Waals surface area contributed by atoms with Crippen LogP contribution in [0.2, 0.25) is 0 Å². The van der Waals surface area contributed by atoms with Gasteiger partial charge in [-0.1, -0.05) is 0 Å². The van der Waals surface area contributed by atoms with Crippen molar-refractivity contribution in [2.45, 2.75) is 38.0 Å². The van der Waals surface area contributed by atoms with Gasteiger partial charge < -0.3 is 0 Å². The average molecular weight is 224 g/mol. The SMILES string of the molecule is C[C@@]12NCCCN1CCN1CCCN[C@]12C. The first-order valence-corrected chi connectivity index (χ1v) is 6.67. The minimum atomic E-state index is 0.101. The first-order chi connectivity index (χ1) is 7.67. The summed E-state index contributed by atoms with van der Waals surface area (Å²) in [5.41, 5.74) is 0.202. The summed E-state index contributed by atoms with van der Waals surface area (Å²) in [7, 11) is 0. The molecule has 3 saturated heterocycles. The second kappa shape index (κ2) is 3.67. The molecule has 0 saturated carbocycles. The second-order valence-corrected chi connectivity index (χ2v) is 5.68. The number of piperazine rings is 1. The third-order valence-corrected chi connectivity index (χ3v) is 5.00. The van der Waals surface area contributed by atoms with E-state index in [1.54, 1.807) is 0 Å². The van der Waals surface area contributed by atoms with E-state index in [1.165, 1.54) is 39.0 Å². The van der Waals surface area contributed by atoms with Gasteiger partial charge in [0.15, 0.2) is 0 Å². The molecular weight excluding hydrogens is 200 g/mol. The molecule has 0 aromatic heterocycles. The molecule has 3 aliphatic rings. The number of nitrogens with zero attached hydrogens (tertiary/aromatic N) is 2. The van der Waals surface area contributed by atoms with Crippen molar-refractivity contribution in [3.05, 3.63) is 0 Å². The van der Waals surface area contributed by atoms with E-state index in [1.807, 2.05) is 0 Å². The van der Waals surface area contributed by atoms with E-state index in [0.717, 1.165) is 13.1 Å². The lowest BCUT2D eigenvalue weighted by Crippen LogP contribution is -2.85. The molecule has 0 bridgehead atoms. The lowest BCUT2D eigenvalue weighted by molar-refractivity contribution is -0.157. The van der Waals surface area contributed by atoms with Crippen molar-refractivity contribution in [2.75, 3.05) is 39.3 Å². The van der Waals surface area contributed by atoms with Crippen LogP contribution in [0.25, 0.3) is 0 Å². The Kier molecular flexibility index (Phi) is 2.51. The molecule has 0 amide bonds. The van der Waals surface area contributed by atoms with Crippen LogP contribution in [0.15, 0.2) is 0 Å². The topological polar surface area (TPSA) is 30.5 Å². The first kappa shape index (κ1) is 11.0. The van der Waals surface area contributed by atoms with Gasteiger partial charge in [-0.2, -0.15) is 0 Å². The van der Waals surface area contributed by atoms with Crippen molar-refractivity contribution >= 4 is 0 Å². The summed E-state index contributed by atoms with van der Waals surface area (Å²) < 4.78 is 0. The van der Waals surface area contributed by atoms with Crippen molar-refractivity contribution in [1.82, 2.24) is 20.4 Å². The Balaban J connectivity index is 1.94. The molecule has 0 aliphatic carbocycles. The van der Waals surface area contributed by atoms with Crippen molar-refractivity contribution in [1.29, 1.82) is 0 Å². The quantitative estimate of drug-likeness (QED) is 0.607. The van der Waals surface area contributed by atoms with Crippen molar-refractivity contribution in [2.24, 2.45) is 0 Å². The molecule has 0 aromatic rings. The average Bonchev–Trinajstić information content (AvgIpc) is 2.29. The minimum Gasteiger partial charge on any atom is -0.297 e. The fraction of sp³-hybridized carbons (Fsp3) is 1.00. The Hall–Kier alpha value is -0.160. The molecular formula is C12H24N4. The fourth-order valence-corrected chi connectivity index (χ4v) is 3.75. The standard InChI is InChI=1S/C12H24N4/c1-11-12(2)14-6-4-8-16(12)10-9-15(11)7-3-5-13-11/h13-14H,3-10H2,1-2H3/t11-,12-/m1/s1. The summed E-state index contributed by atoms with van der Waals surface area (Å²) in [6, 6.07) is 0. The Labute approximate surface area is 98.4 Å². The normalized spacial score (nSPS) is 46.1. The highest BCUT2D eigenvalue weighted by Crippen LogP contribution is 2.36. The molecule has 92 valence electrons. The number of fused-ring (bicyclic) bond motifs is 3. The predicted octanol–water partition coefficient (Wildman–Crippen LogP) is 0.0230. The van der Waals surface area contributed by atoms with Gasteiger partial charge in [-0.05, 0) is 39.8 Å². The van der Waals surface area contributed by atoms with Crippen molar-refractivity contribution in [3.8, 4) is 0 Å². The number of hydrogen-bond acceptors (Lipinski definition) is 4. The van der Waals surface area contributed by atoms with Crippen LogP contribution in [0.5, 0.6) is 0 Å². The molecule has 2 atom stereocenters. The van der Waals surface area contributed by atoms with Crippen LogP contribution in [0.1, 0.15) is 26.7 Å². The molecule has 4 nitrogen and oxygen atoms in total. The Morgan fingerprint density at radius 2 is 1.19 bits per heavy atom. The zero-order valence-electron chi connectivity index (χ0n) is 10.6. The molecule has 4 heteroatoms. The predicted molar refractivity (Wildman–Crippen MR) is 65.2 cm³/mol. The van der Waals surface area contributed by atoms with Gasteiger partial charge in [-0.3, -0.25) is 20.4 Å². The lowest BCUT2D eigenvalue weighted by Gasteiger charge is -2.64. The monoisotopic (exact) mass is 224 g/mol. The lowest BCUT2D eigenvalue weighted by atomic mass is 9.85. The van der Waals surface area contributed by atoms with E-state index in [0.29, 0.717) is 0 Å². The van der Waals surface area contributed by atoms with Crippen LogP contribution >= 0.6 is 0 Å². The molecule has 0 aromatic carbocycles. The summed E-state index contributed by atoms with van der Waals surface area (Å²) in [6.45, 7) is 12.0. The van der Waals surface area contributed by atoms with E-state index in [-0.39, 0.29) is 11.3 Å². The zero-order valence-corrected chi connectivity index (χ0v) is 10.6. The highest BCUT2D eigenvalue weighted by Gasteiger charge is 2.56. The van der Waals surface area contributed by atoms with Gasteiger partial charge in [0.25, 0.3) is 0 Å². The molecule has 3 aliphatic heterocycles. The molecule has 3 rings (SSSR count). The van der Waals surface area contributed by atoms with Crippen LogP contribution in [0, 0.1) is 0 Å². The van der Waals surface area contributed by atoms with Crippen LogP contribution < -0.4 is 10.6 Å². The third kappa shape index (κ3) is 1.30. The summed E-state index contributed by atoms with van der Waals surface area (Å²) >= 11 is 0. The van der Waals surface area contributed by atoms with Crippen LogP contribution in [-0.4, -0.2) is 60.4 Å². The molecule has 16 heavy (non-hydrogen) atoms. The summed E-state index contributed by atoms with van der Waals surface area (Å²) in [5, 5.41) is 7.52. The van der Waals surface area contributed by atoms with Gasteiger partial charge in [-0.15, -0.1) is 0 Å². The van der Waals surface area contributed by atoms with E-state index in [9.17, 15) is 0 Å². The number of hydrogen-bond donors (Lipinski definition) is 2. The summed E-state index contributed by atoms with van der Waals surface area (Å²) in [4.78, 5) is 5.26. The highest BCUT2D eigenvalue weighted by molar-refractivity contribution is 5.10. The third-order valence-electron chi connectivity index (χ3n) is 5.00. The number of rotatable bonds is 0. The van der Waals surface area contributed by atoms with Crippen molar-refractivity contribution < 1.29 is 0 Å². The smallest absolute Gasteiger partial charge is 0.101 e.